The van der Waals surface area contributed by atoms with Gasteiger partial charge in [0.15, 0.2) is 11.5 Å². The summed E-state index contributed by atoms with van der Waals surface area (Å²) in [5.41, 5.74) is 5.24. The van der Waals surface area contributed by atoms with E-state index in [9.17, 15) is 9.90 Å². The molecule has 1 aromatic carbocycles. The number of amides is 1. The average molecular weight is 167 g/mol. The first-order valence-corrected chi connectivity index (χ1v) is 3.32. The second-order valence-corrected chi connectivity index (χ2v) is 2.25. The van der Waals surface area contributed by atoms with Gasteiger partial charge in [-0.2, -0.15) is 0 Å². The fourth-order valence-electron chi connectivity index (χ4n) is 0.843. The van der Waals surface area contributed by atoms with Gasteiger partial charge in [0, 0.05) is 5.56 Å². The van der Waals surface area contributed by atoms with Gasteiger partial charge in [-0.15, -0.1) is 0 Å². The largest absolute Gasteiger partial charge is 0.504 e. The quantitative estimate of drug-likeness (QED) is 0.673. The number of rotatable bonds is 2. The van der Waals surface area contributed by atoms with E-state index in [4.69, 9.17) is 10.5 Å². The predicted octanol–water partition coefficient (Wildman–Crippen LogP) is 0.500. The number of benzene rings is 1. The van der Waals surface area contributed by atoms with Gasteiger partial charge in [-0.3, -0.25) is 4.79 Å². The van der Waals surface area contributed by atoms with Gasteiger partial charge >= 0.3 is 0 Å². The van der Waals surface area contributed by atoms with Crippen molar-refractivity contribution in [3.8, 4) is 11.5 Å². The molecule has 1 aromatic rings. The maximum absolute atomic E-state index is 10.6. The number of primary amides is 1. The molecule has 64 valence electrons. The van der Waals surface area contributed by atoms with Crippen LogP contribution in [0.15, 0.2) is 18.2 Å². The normalized spacial score (nSPS) is 9.42. The smallest absolute Gasteiger partial charge is 0.248 e. The summed E-state index contributed by atoms with van der Waals surface area (Å²) in [6.45, 7) is 0. The van der Waals surface area contributed by atoms with E-state index in [2.05, 4.69) is 0 Å². The molecule has 0 aliphatic rings. The minimum absolute atomic E-state index is 0.0891. The zero-order valence-electron chi connectivity index (χ0n) is 6.57. The van der Waals surface area contributed by atoms with Gasteiger partial charge in [-0.1, -0.05) is 0 Å². The first-order chi connectivity index (χ1) is 5.65. The van der Waals surface area contributed by atoms with Gasteiger partial charge < -0.3 is 15.6 Å². The molecule has 0 aromatic heterocycles. The number of nitrogens with two attached hydrogens (primary N) is 1. The zero-order chi connectivity index (χ0) is 9.14. The summed E-state index contributed by atoms with van der Waals surface area (Å²) in [5.74, 6) is -0.346. The fraction of sp³-hybridized carbons (Fsp3) is 0.125. The van der Waals surface area contributed by atoms with Crippen LogP contribution in [0.2, 0.25) is 0 Å². The van der Waals surface area contributed by atoms with Gasteiger partial charge in [0.05, 0.1) is 7.11 Å². The molecule has 0 atom stereocenters. The molecular formula is C8H9NO3. The van der Waals surface area contributed by atoms with Crippen molar-refractivity contribution in [1.29, 1.82) is 0 Å². The van der Waals surface area contributed by atoms with Gasteiger partial charge in [0.1, 0.15) is 0 Å². The third-order valence-electron chi connectivity index (χ3n) is 1.46. The van der Waals surface area contributed by atoms with Crippen molar-refractivity contribution in [2.75, 3.05) is 7.11 Å². The highest BCUT2D eigenvalue weighted by Crippen LogP contribution is 2.25. The summed E-state index contributed by atoms with van der Waals surface area (Å²) in [7, 11) is 1.43. The molecule has 0 radical (unpaired) electrons. The number of phenols is 1. The minimum atomic E-state index is -0.576. The van der Waals surface area contributed by atoms with Crippen molar-refractivity contribution in [2.24, 2.45) is 5.73 Å². The topological polar surface area (TPSA) is 72.5 Å². The van der Waals surface area contributed by atoms with Crippen LogP contribution in [0, 0.1) is 0 Å². The van der Waals surface area contributed by atoms with Crippen molar-refractivity contribution in [1.82, 2.24) is 0 Å². The lowest BCUT2D eigenvalue weighted by molar-refractivity contribution is 0.1000. The molecule has 0 unspecified atom stereocenters. The molecule has 0 saturated carbocycles. The van der Waals surface area contributed by atoms with Crippen molar-refractivity contribution in [3.63, 3.8) is 0 Å². The van der Waals surface area contributed by atoms with E-state index in [1.165, 1.54) is 25.3 Å². The maximum atomic E-state index is 10.6. The Morgan fingerprint density at radius 2 is 2.25 bits per heavy atom. The van der Waals surface area contributed by atoms with E-state index in [1.807, 2.05) is 0 Å². The van der Waals surface area contributed by atoms with Crippen LogP contribution in [0.1, 0.15) is 10.4 Å². The second kappa shape index (κ2) is 3.13. The Labute approximate surface area is 69.6 Å². The molecule has 0 heterocycles. The number of aromatic hydroxyl groups is 1. The van der Waals surface area contributed by atoms with Crippen molar-refractivity contribution >= 4 is 5.91 Å². The first kappa shape index (κ1) is 8.39. The zero-order valence-corrected chi connectivity index (χ0v) is 6.57. The van der Waals surface area contributed by atoms with Crippen LogP contribution >= 0.6 is 0 Å². The number of carbonyl (C=O) groups excluding carboxylic acids is 1. The van der Waals surface area contributed by atoms with E-state index >= 15 is 0 Å². The van der Waals surface area contributed by atoms with E-state index < -0.39 is 5.91 Å². The van der Waals surface area contributed by atoms with Crippen LogP contribution in [-0.2, 0) is 0 Å². The third-order valence-corrected chi connectivity index (χ3v) is 1.46. The maximum Gasteiger partial charge on any atom is 0.248 e. The lowest BCUT2D eigenvalue weighted by Gasteiger charge is -2.03. The monoisotopic (exact) mass is 167 g/mol. The summed E-state index contributed by atoms with van der Waals surface area (Å²) in [6.07, 6.45) is 0. The van der Waals surface area contributed by atoms with Crippen LogP contribution < -0.4 is 10.5 Å². The average Bonchev–Trinajstić information content (AvgIpc) is 2.04. The SMILES string of the molecule is COc1ccc(C(N)=O)cc1O. The Morgan fingerprint density at radius 1 is 1.58 bits per heavy atom. The molecule has 0 aliphatic carbocycles. The van der Waals surface area contributed by atoms with Gasteiger partial charge in [0.2, 0.25) is 5.91 Å². The lowest BCUT2D eigenvalue weighted by atomic mass is 10.2. The Balaban J connectivity index is 3.10. The van der Waals surface area contributed by atoms with E-state index in [-0.39, 0.29) is 11.3 Å². The fourth-order valence-corrected chi connectivity index (χ4v) is 0.843. The molecule has 0 fully saturated rings. The number of hydrogen-bond donors (Lipinski definition) is 2. The standard InChI is InChI=1S/C8H9NO3/c1-12-7-3-2-5(8(9)11)4-6(7)10/h2-4,10H,1H3,(H2,9,11). The predicted molar refractivity (Wildman–Crippen MR) is 43.2 cm³/mol. The van der Waals surface area contributed by atoms with Crippen LogP contribution in [0.3, 0.4) is 0 Å². The number of methoxy groups -OCH3 is 1. The Kier molecular flexibility index (Phi) is 2.19. The summed E-state index contributed by atoms with van der Waals surface area (Å²) in [5, 5.41) is 9.21. The molecule has 0 saturated heterocycles. The highest BCUT2D eigenvalue weighted by Gasteiger charge is 2.05. The van der Waals surface area contributed by atoms with E-state index in [0.717, 1.165) is 0 Å². The van der Waals surface area contributed by atoms with Crippen LogP contribution in [0.25, 0.3) is 0 Å². The minimum Gasteiger partial charge on any atom is -0.504 e. The lowest BCUT2D eigenvalue weighted by Crippen LogP contribution is -2.10. The molecule has 3 N–H and O–H groups in total. The van der Waals surface area contributed by atoms with E-state index in [0.29, 0.717) is 5.75 Å². The Morgan fingerprint density at radius 3 is 2.67 bits per heavy atom. The molecule has 1 rings (SSSR count). The van der Waals surface area contributed by atoms with Gasteiger partial charge in [-0.05, 0) is 18.2 Å². The van der Waals surface area contributed by atoms with Gasteiger partial charge in [0.25, 0.3) is 0 Å². The summed E-state index contributed by atoms with van der Waals surface area (Å²) in [4.78, 5) is 10.6. The highest BCUT2D eigenvalue weighted by atomic mass is 16.5. The Hall–Kier alpha value is -1.71. The summed E-state index contributed by atoms with van der Waals surface area (Å²) < 4.78 is 4.78. The highest BCUT2D eigenvalue weighted by molar-refractivity contribution is 5.93. The molecule has 0 spiro atoms. The van der Waals surface area contributed by atoms with Crippen LogP contribution in [0.4, 0.5) is 0 Å². The second-order valence-electron chi connectivity index (χ2n) is 2.25. The number of ether oxygens (including phenoxy) is 1. The van der Waals surface area contributed by atoms with E-state index in [1.54, 1.807) is 0 Å². The van der Waals surface area contributed by atoms with Crippen molar-refractivity contribution in [3.05, 3.63) is 23.8 Å². The molecule has 0 aliphatic heterocycles. The van der Waals surface area contributed by atoms with Crippen molar-refractivity contribution < 1.29 is 14.6 Å². The summed E-state index contributed by atoms with van der Waals surface area (Å²) >= 11 is 0. The molecule has 0 bridgehead atoms. The van der Waals surface area contributed by atoms with Crippen LogP contribution in [-0.4, -0.2) is 18.1 Å². The molecule has 12 heavy (non-hydrogen) atoms. The molecule has 4 nitrogen and oxygen atoms in total. The van der Waals surface area contributed by atoms with Gasteiger partial charge in [-0.25, -0.2) is 0 Å². The van der Waals surface area contributed by atoms with Crippen molar-refractivity contribution in [2.45, 2.75) is 0 Å². The third kappa shape index (κ3) is 1.47. The first-order valence-electron chi connectivity index (χ1n) is 3.32. The molecular weight excluding hydrogens is 158 g/mol. The number of carbonyl (C=O) groups is 1. The number of hydrogen-bond acceptors (Lipinski definition) is 3. The molecule has 1 amide bonds. The molecule has 4 heteroatoms. The number of phenolic OH excluding ortho intramolecular Hbond substituents is 1. The van der Waals surface area contributed by atoms with Crippen LogP contribution in [0.5, 0.6) is 11.5 Å². The summed E-state index contributed by atoms with van der Waals surface area (Å²) in [6, 6.07) is 4.23. The Bertz CT molecular complexity index is 309.